The SMILES string of the molecule is Cc1cccc(Cn2cccc2CN(Cc2ccccc2)Cc2ccc(F)c(F)c2)c1. The third-order valence-electron chi connectivity index (χ3n) is 5.38. The normalized spacial score (nSPS) is 11.2. The van der Waals surface area contributed by atoms with Crippen molar-refractivity contribution in [2.75, 3.05) is 0 Å². The van der Waals surface area contributed by atoms with Crippen molar-refractivity contribution in [2.45, 2.75) is 33.1 Å². The lowest BCUT2D eigenvalue weighted by molar-refractivity contribution is 0.241. The van der Waals surface area contributed by atoms with E-state index in [9.17, 15) is 8.78 Å². The summed E-state index contributed by atoms with van der Waals surface area (Å²) in [6, 6.07) is 27.1. The molecule has 0 spiro atoms. The highest BCUT2D eigenvalue weighted by atomic mass is 19.2. The fourth-order valence-electron chi connectivity index (χ4n) is 3.89. The molecule has 0 aliphatic rings. The largest absolute Gasteiger partial charge is 0.346 e. The van der Waals surface area contributed by atoms with E-state index in [0.29, 0.717) is 13.1 Å². The fraction of sp³-hybridized carbons (Fsp3) is 0.185. The maximum atomic E-state index is 13.8. The highest BCUT2D eigenvalue weighted by molar-refractivity contribution is 5.24. The van der Waals surface area contributed by atoms with Crippen LogP contribution in [-0.4, -0.2) is 9.47 Å². The summed E-state index contributed by atoms with van der Waals surface area (Å²) in [6.07, 6.45) is 2.09. The highest BCUT2D eigenvalue weighted by Gasteiger charge is 2.13. The van der Waals surface area contributed by atoms with E-state index in [1.165, 1.54) is 34.5 Å². The summed E-state index contributed by atoms with van der Waals surface area (Å²) in [7, 11) is 0. The smallest absolute Gasteiger partial charge is 0.159 e. The molecule has 158 valence electrons. The number of hydrogen-bond acceptors (Lipinski definition) is 1. The molecular formula is C27H26F2N2. The third-order valence-corrected chi connectivity index (χ3v) is 5.38. The summed E-state index contributed by atoms with van der Waals surface area (Å²) >= 11 is 0. The quantitative estimate of drug-likeness (QED) is 0.326. The standard InChI is InChI=1S/C27H26F2N2/c1-21-7-5-10-23(15-21)19-31-14-6-11-25(31)20-30(17-22-8-3-2-4-9-22)18-24-12-13-26(28)27(29)16-24/h2-16H,17-20H2,1H3. The van der Waals surface area contributed by atoms with Crippen LogP contribution in [0.1, 0.15) is 27.9 Å². The van der Waals surface area contributed by atoms with Gasteiger partial charge >= 0.3 is 0 Å². The van der Waals surface area contributed by atoms with Crippen molar-refractivity contribution in [1.82, 2.24) is 9.47 Å². The fourth-order valence-corrected chi connectivity index (χ4v) is 3.89. The number of rotatable bonds is 8. The average molecular weight is 417 g/mol. The first-order chi connectivity index (χ1) is 15.1. The predicted molar refractivity (Wildman–Crippen MR) is 120 cm³/mol. The number of benzene rings is 3. The predicted octanol–water partition coefficient (Wildman–Crippen LogP) is 6.33. The van der Waals surface area contributed by atoms with Crippen LogP contribution in [0.25, 0.3) is 0 Å². The van der Waals surface area contributed by atoms with Crippen molar-refractivity contribution in [3.8, 4) is 0 Å². The molecule has 0 radical (unpaired) electrons. The second kappa shape index (κ2) is 9.71. The van der Waals surface area contributed by atoms with Crippen LogP contribution in [-0.2, 0) is 26.2 Å². The summed E-state index contributed by atoms with van der Waals surface area (Å²) in [5, 5.41) is 0. The third kappa shape index (κ3) is 5.68. The number of nitrogens with zero attached hydrogens (tertiary/aromatic N) is 2. The summed E-state index contributed by atoms with van der Waals surface area (Å²) < 4.78 is 29.4. The molecular weight excluding hydrogens is 390 g/mol. The van der Waals surface area contributed by atoms with Crippen molar-refractivity contribution in [2.24, 2.45) is 0 Å². The van der Waals surface area contributed by atoms with Crippen LogP contribution in [0.3, 0.4) is 0 Å². The van der Waals surface area contributed by atoms with E-state index in [-0.39, 0.29) is 0 Å². The Labute approximate surface area is 182 Å². The molecule has 0 N–H and O–H groups in total. The Balaban J connectivity index is 1.56. The van der Waals surface area contributed by atoms with E-state index < -0.39 is 11.6 Å². The molecule has 31 heavy (non-hydrogen) atoms. The first-order valence-electron chi connectivity index (χ1n) is 10.5. The molecule has 4 rings (SSSR count). The molecule has 1 heterocycles. The van der Waals surface area contributed by atoms with E-state index in [0.717, 1.165) is 18.7 Å². The van der Waals surface area contributed by atoms with Gasteiger partial charge < -0.3 is 4.57 Å². The van der Waals surface area contributed by atoms with E-state index in [1.807, 2.05) is 18.2 Å². The molecule has 0 unspecified atom stereocenters. The molecule has 0 fully saturated rings. The molecule has 0 atom stereocenters. The zero-order valence-electron chi connectivity index (χ0n) is 17.6. The minimum atomic E-state index is -0.814. The van der Waals surface area contributed by atoms with Crippen molar-refractivity contribution < 1.29 is 8.78 Å². The van der Waals surface area contributed by atoms with Crippen molar-refractivity contribution in [3.05, 3.63) is 131 Å². The van der Waals surface area contributed by atoms with Gasteiger partial charge in [0.1, 0.15) is 0 Å². The Bertz CT molecular complexity index is 1130. The molecule has 0 amide bonds. The summed E-state index contributed by atoms with van der Waals surface area (Å²) in [5.74, 6) is -1.62. The second-order valence-electron chi connectivity index (χ2n) is 8.00. The maximum Gasteiger partial charge on any atom is 0.159 e. The summed E-state index contributed by atoms with van der Waals surface area (Å²) in [5.41, 5.74) is 5.62. The minimum Gasteiger partial charge on any atom is -0.346 e. The van der Waals surface area contributed by atoms with Crippen LogP contribution in [0, 0.1) is 18.6 Å². The molecule has 1 aromatic heterocycles. The number of aromatic nitrogens is 1. The summed E-state index contributed by atoms with van der Waals surface area (Å²) in [4.78, 5) is 2.25. The van der Waals surface area contributed by atoms with Crippen LogP contribution in [0.2, 0.25) is 0 Å². The van der Waals surface area contributed by atoms with E-state index >= 15 is 0 Å². The van der Waals surface area contributed by atoms with Crippen LogP contribution in [0.15, 0.2) is 91.1 Å². The number of hydrogen-bond donors (Lipinski definition) is 0. The first-order valence-corrected chi connectivity index (χ1v) is 10.5. The van der Waals surface area contributed by atoms with Crippen molar-refractivity contribution in [1.29, 1.82) is 0 Å². The molecule has 0 bridgehead atoms. The van der Waals surface area contributed by atoms with Crippen molar-refractivity contribution in [3.63, 3.8) is 0 Å². The monoisotopic (exact) mass is 416 g/mol. The molecule has 3 aromatic carbocycles. The average Bonchev–Trinajstić information content (AvgIpc) is 3.18. The van der Waals surface area contributed by atoms with Gasteiger partial charge in [-0.3, -0.25) is 4.90 Å². The lowest BCUT2D eigenvalue weighted by atomic mass is 10.1. The van der Waals surface area contributed by atoms with Gasteiger partial charge in [-0.2, -0.15) is 0 Å². The molecule has 0 aliphatic heterocycles. The Morgan fingerprint density at radius 2 is 1.45 bits per heavy atom. The van der Waals surface area contributed by atoms with Gasteiger partial charge in [0.05, 0.1) is 0 Å². The van der Waals surface area contributed by atoms with Gasteiger partial charge in [0.2, 0.25) is 0 Å². The summed E-state index contributed by atoms with van der Waals surface area (Å²) in [6.45, 7) is 4.85. The van der Waals surface area contributed by atoms with Gasteiger partial charge in [-0.05, 0) is 47.9 Å². The molecule has 4 heteroatoms. The van der Waals surface area contributed by atoms with Crippen LogP contribution in [0.4, 0.5) is 8.78 Å². The number of aryl methyl sites for hydroxylation is 1. The van der Waals surface area contributed by atoms with Crippen LogP contribution >= 0.6 is 0 Å². The topological polar surface area (TPSA) is 8.17 Å². The lowest BCUT2D eigenvalue weighted by Gasteiger charge is -2.24. The van der Waals surface area contributed by atoms with Gasteiger partial charge in [-0.1, -0.05) is 66.2 Å². The van der Waals surface area contributed by atoms with Gasteiger partial charge in [0, 0.05) is 38.1 Å². The Morgan fingerprint density at radius 3 is 2.23 bits per heavy atom. The Hall–Kier alpha value is -3.24. The lowest BCUT2D eigenvalue weighted by Crippen LogP contribution is -2.24. The maximum absolute atomic E-state index is 13.8. The van der Waals surface area contributed by atoms with Crippen molar-refractivity contribution >= 4 is 0 Å². The molecule has 4 aromatic rings. The van der Waals surface area contributed by atoms with E-state index in [4.69, 9.17) is 0 Å². The Morgan fingerprint density at radius 1 is 0.677 bits per heavy atom. The highest BCUT2D eigenvalue weighted by Crippen LogP contribution is 2.18. The Kier molecular flexibility index (Phi) is 6.58. The van der Waals surface area contributed by atoms with E-state index in [2.05, 4.69) is 71.1 Å². The van der Waals surface area contributed by atoms with Gasteiger partial charge in [-0.25, -0.2) is 8.78 Å². The number of halogens is 2. The van der Waals surface area contributed by atoms with Crippen LogP contribution in [0.5, 0.6) is 0 Å². The van der Waals surface area contributed by atoms with Gasteiger partial charge in [0.15, 0.2) is 11.6 Å². The second-order valence-corrected chi connectivity index (χ2v) is 8.00. The molecule has 2 nitrogen and oxygen atoms in total. The zero-order valence-corrected chi connectivity index (χ0v) is 17.6. The molecule has 0 saturated heterocycles. The van der Waals surface area contributed by atoms with E-state index in [1.54, 1.807) is 6.07 Å². The van der Waals surface area contributed by atoms with Gasteiger partial charge in [0.25, 0.3) is 0 Å². The van der Waals surface area contributed by atoms with Gasteiger partial charge in [-0.15, -0.1) is 0 Å². The molecule has 0 saturated carbocycles. The minimum absolute atomic E-state index is 0.529. The first kappa shape index (κ1) is 21.0. The van der Waals surface area contributed by atoms with Crippen LogP contribution < -0.4 is 0 Å². The molecule has 0 aliphatic carbocycles. The zero-order chi connectivity index (χ0) is 21.6.